The summed E-state index contributed by atoms with van der Waals surface area (Å²) in [7, 11) is 0. The van der Waals surface area contributed by atoms with Gasteiger partial charge in [-0.1, -0.05) is 36.4 Å². The van der Waals surface area contributed by atoms with Crippen LogP contribution in [0.5, 0.6) is 0 Å². The molecular formula is C25H24FN5O3. The first-order valence-electron chi connectivity index (χ1n) is 11.2. The highest BCUT2D eigenvalue weighted by atomic mass is 19.1. The summed E-state index contributed by atoms with van der Waals surface area (Å²) < 4.78 is 17.4. The van der Waals surface area contributed by atoms with Crippen LogP contribution in [0.4, 0.5) is 4.39 Å². The minimum Gasteiger partial charge on any atom is -0.369 e. The van der Waals surface area contributed by atoms with Gasteiger partial charge < -0.3 is 15.2 Å². The summed E-state index contributed by atoms with van der Waals surface area (Å²) in [6, 6.07) is 14.0. The van der Waals surface area contributed by atoms with Crippen LogP contribution in [-0.2, 0) is 22.7 Å². The molecule has 2 aromatic heterocycles. The van der Waals surface area contributed by atoms with E-state index in [-0.39, 0.29) is 36.6 Å². The molecule has 1 fully saturated rings. The smallest absolute Gasteiger partial charge is 0.291 e. The summed E-state index contributed by atoms with van der Waals surface area (Å²) in [6.45, 7) is 0.787. The highest BCUT2D eigenvalue weighted by Crippen LogP contribution is 2.27. The molecule has 1 aliphatic heterocycles. The molecule has 8 nitrogen and oxygen atoms in total. The number of nitrogens with zero attached hydrogens (tertiary/aromatic N) is 4. The van der Waals surface area contributed by atoms with Crippen LogP contribution in [0.2, 0.25) is 0 Å². The summed E-state index contributed by atoms with van der Waals surface area (Å²) in [5, 5.41) is 5.76. The van der Waals surface area contributed by atoms with Gasteiger partial charge in [0.05, 0.1) is 12.7 Å². The Balaban J connectivity index is 1.52. The quantitative estimate of drug-likeness (QED) is 0.492. The molecule has 174 valence electrons. The third-order valence-electron chi connectivity index (χ3n) is 6.59. The molecular weight excluding hydrogens is 437 g/mol. The zero-order valence-corrected chi connectivity index (χ0v) is 18.5. The van der Waals surface area contributed by atoms with E-state index in [4.69, 9.17) is 5.73 Å². The van der Waals surface area contributed by atoms with Crippen molar-refractivity contribution in [3.8, 4) is 0 Å². The zero-order valence-electron chi connectivity index (χ0n) is 18.5. The van der Waals surface area contributed by atoms with Crippen LogP contribution in [0.15, 0.2) is 59.5 Å². The summed E-state index contributed by atoms with van der Waals surface area (Å²) in [6.07, 6.45) is 2.61. The van der Waals surface area contributed by atoms with Crippen molar-refractivity contribution in [2.24, 2.45) is 11.7 Å². The molecule has 2 amide bonds. The van der Waals surface area contributed by atoms with Gasteiger partial charge in [0.25, 0.3) is 5.56 Å². The van der Waals surface area contributed by atoms with E-state index >= 15 is 0 Å². The molecule has 4 aromatic rings. The number of hydrogen-bond acceptors (Lipinski definition) is 4. The molecule has 1 saturated heterocycles. The average molecular weight is 461 g/mol. The molecule has 1 aliphatic rings. The maximum atomic E-state index is 14.4. The van der Waals surface area contributed by atoms with Gasteiger partial charge >= 0.3 is 0 Å². The number of carbonyl (C=O) groups excluding carboxylic acids is 2. The molecule has 9 heteroatoms. The maximum Gasteiger partial charge on any atom is 0.291 e. The Hall–Kier alpha value is -4.01. The lowest BCUT2D eigenvalue weighted by molar-refractivity contribution is -0.135. The number of piperidine rings is 1. The van der Waals surface area contributed by atoms with E-state index < -0.39 is 5.56 Å². The fourth-order valence-corrected chi connectivity index (χ4v) is 4.71. The molecule has 0 aliphatic carbocycles. The Labute approximate surface area is 194 Å². The molecule has 0 radical (unpaired) electrons. The average Bonchev–Trinajstić information content (AvgIpc) is 3.16. The van der Waals surface area contributed by atoms with E-state index in [2.05, 4.69) is 5.10 Å². The van der Waals surface area contributed by atoms with Gasteiger partial charge in [0.2, 0.25) is 11.8 Å². The Morgan fingerprint density at radius 3 is 2.47 bits per heavy atom. The fraction of sp³-hybridized carbons (Fsp3) is 0.280. The van der Waals surface area contributed by atoms with Gasteiger partial charge in [0.1, 0.15) is 17.9 Å². The minimum atomic E-state index is -0.412. The van der Waals surface area contributed by atoms with E-state index in [0.29, 0.717) is 42.4 Å². The Morgan fingerprint density at radius 2 is 1.74 bits per heavy atom. The van der Waals surface area contributed by atoms with Crippen LogP contribution < -0.4 is 11.3 Å². The van der Waals surface area contributed by atoms with E-state index in [9.17, 15) is 18.8 Å². The third-order valence-corrected chi connectivity index (χ3v) is 6.59. The highest BCUT2D eigenvalue weighted by molar-refractivity contribution is 6.07. The zero-order chi connectivity index (χ0) is 23.8. The maximum absolute atomic E-state index is 14.4. The molecule has 3 heterocycles. The van der Waals surface area contributed by atoms with E-state index in [1.54, 1.807) is 33.9 Å². The number of benzene rings is 2. The topological polar surface area (TPSA) is 103 Å². The van der Waals surface area contributed by atoms with E-state index in [0.717, 1.165) is 15.6 Å². The van der Waals surface area contributed by atoms with Crippen molar-refractivity contribution < 1.29 is 14.0 Å². The Kier molecular flexibility index (Phi) is 5.61. The molecule has 0 spiro atoms. The normalized spacial score (nSPS) is 14.7. The van der Waals surface area contributed by atoms with Crippen molar-refractivity contribution in [2.45, 2.75) is 25.9 Å². The molecule has 0 saturated carbocycles. The van der Waals surface area contributed by atoms with Gasteiger partial charge in [0.15, 0.2) is 0 Å². The van der Waals surface area contributed by atoms with Crippen molar-refractivity contribution in [1.29, 1.82) is 0 Å². The Bertz CT molecular complexity index is 1470. The first-order chi connectivity index (χ1) is 16.4. The van der Waals surface area contributed by atoms with Crippen molar-refractivity contribution in [3.05, 3.63) is 76.5 Å². The summed E-state index contributed by atoms with van der Waals surface area (Å²) in [5.74, 6) is -1.17. The first kappa shape index (κ1) is 21.8. The molecule has 2 N–H and O–H groups in total. The second-order valence-corrected chi connectivity index (χ2v) is 8.62. The van der Waals surface area contributed by atoms with Gasteiger partial charge in [0, 0.05) is 40.9 Å². The number of para-hydroxylation sites is 1. The summed E-state index contributed by atoms with van der Waals surface area (Å²) in [5.41, 5.74) is 6.58. The summed E-state index contributed by atoms with van der Waals surface area (Å²) >= 11 is 0. The predicted octanol–water partition coefficient (Wildman–Crippen LogP) is 2.26. The lowest BCUT2D eigenvalue weighted by Gasteiger charge is -2.30. The third kappa shape index (κ3) is 3.83. The van der Waals surface area contributed by atoms with Crippen molar-refractivity contribution in [2.75, 3.05) is 13.1 Å². The number of primary amides is 1. The van der Waals surface area contributed by atoms with Gasteiger partial charge in [-0.3, -0.25) is 14.4 Å². The molecule has 0 bridgehead atoms. The number of hydrogen-bond donors (Lipinski definition) is 1. The highest BCUT2D eigenvalue weighted by Gasteiger charge is 2.26. The molecule has 34 heavy (non-hydrogen) atoms. The second kappa shape index (κ2) is 8.74. The number of nitrogens with two attached hydrogens (primary N) is 1. The number of carbonyl (C=O) groups is 2. The second-order valence-electron chi connectivity index (χ2n) is 8.62. The van der Waals surface area contributed by atoms with Gasteiger partial charge in [-0.25, -0.2) is 9.07 Å². The van der Waals surface area contributed by atoms with Crippen LogP contribution in [0.3, 0.4) is 0 Å². The fourth-order valence-electron chi connectivity index (χ4n) is 4.71. The van der Waals surface area contributed by atoms with E-state index in [1.165, 1.54) is 6.07 Å². The molecule has 0 atom stereocenters. The van der Waals surface area contributed by atoms with Crippen LogP contribution in [0, 0.1) is 11.7 Å². The van der Waals surface area contributed by atoms with Gasteiger partial charge in [-0.15, -0.1) is 0 Å². The molecule has 0 unspecified atom stereocenters. The number of halogens is 1. The van der Waals surface area contributed by atoms with Crippen molar-refractivity contribution in [3.63, 3.8) is 0 Å². The molecule has 2 aromatic carbocycles. The largest absolute Gasteiger partial charge is 0.369 e. The van der Waals surface area contributed by atoms with E-state index in [1.807, 2.05) is 24.3 Å². The minimum absolute atomic E-state index is 0.171. The number of likely N-dealkylation sites (tertiary alicyclic amines) is 1. The van der Waals surface area contributed by atoms with Crippen LogP contribution >= 0.6 is 0 Å². The first-order valence-corrected chi connectivity index (χ1v) is 11.2. The predicted molar refractivity (Wildman–Crippen MR) is 125 cm³/mol. The Morgan fingerprint density at radius 1 is 1.03 bits per heavy atom. The SMILES string of the molecule is NC(=O)C1CCN(C(=O)Cn2ncc3c4ccccc4n(Cc4ccccc4F)c3c2=O)CC1. The van der Waals surface area contributed by atoms with Crippen LogP contribution in [0.1, 0.15) is 18.4 Å². The number of rotatable bonds is 5. The number of fused-ring (bicyclic) bond motifs is 3. The van der Waals surface area contributed by atoms with Gasteiger partial charge in [-0.2, -0.15) is 5.10 Å². The van der Waals surface area contributed by atoms with Gasteiger partial charge in [-0.05, 0) is 25.0 Å². The summed E-state index contributed by atoms with van der Waals surface area (Å²) in [4.78, 5) is 39.4. The molecule has 5 rings (SSSR count). The number of amides is 2. The van der Waals surface area contributed by atoms with Crippen LogP contribution in [-0.4, -0.2) is 44.2 Å². The van der Waals surface area contributed by atoms with Crippen molar-refractivity contribution >= 4 is 33.6 Å². The lowest BCUT2D eigenvalue weighted by Crippen LogP contribution is -2.44. The lowest BCUT2D eigenvalue weighted by atomic mass is 9.96. The monoisotopic (exact) mass is 461 g/mol. The van der Waals surface area contributed by atoms with Crippen molar-refractivity contribution in [1.82, 2.24) is 19.2 Å². The standard InChI is InChI=1S/C25H24FN5O3/c26-20-7-3-1-5-17(20)14-30-21-8-4-2-6-18(21)19-13-28-31(25(34)23(19)30)15-22(32)29-11-9-16(10-12-29)24(27)33/h1-8,13,16H,9-12,14-15H2,(H2,27,33). The number of aromatic nitrogens is 3. The van der Waals surface area contributed by atoms with Crippen LogP contribution in [0.25, 0.3) is 21.8 Å².